The Labute approximate surface area is 214 Å². The van der Waals surface area contributed by atoms with Crippen molar-refractivity contribution in [2.45, 2.75) is 71.6 Å². The van der Waals surface area contributed by atoms with Gasteiger partial charge in [-0.2, -0.15) is 0 Å². The van der Waals surface area contributed by atoms with E-state index in [9.17, 15) is 14.3 Å². The van der Waals surface area contributed by atoms with E-state index in [1.807, 2.05) is 37.3 Å². The molecule has 0 unspecified atom stereocenters. The molecular weight excluding hydrogens is 457 g/mol. The van der Waals surface area contributed by atoms with Gasteiger partial charge in [0, 0.05) is 18.7 Å². The van der Waals surface area contributed by atoms with Crippen LogP contribution in [0.5, 0.6) is 0 Å². The number of aliphatic hydroxyl groups excluding tert-OH is 1. The number of ether oxygens (including phenoxy) is 2. The number of halogens is 1. The van der Waals surface area contributed by atoms with Crippen molar-refractivity contribution in [2.24, 2.45) is 0 Å². The highest BCUT2D eigenvalue weighted by molar-refractivity contribution is 5.87. The summed E-state index contributed by atoms with van der Waals surface area (Å²) in [4.78, 5) is 14.1. The Morgan fingerprint density at radius 2 is 2.03 bits per heavy atom. The fourth-order valence-electron chi connectivity index (χ4n) is 4.93. The van der Waals surface area contributed by atoms with Crippen LogP contribution in [-0.2, 0) is 20.7 Å². The predicted molar refractivity (Wildman–Crippen MR) is 141 cm³/mol. The number of carbonyl (C=O) groups excluding carboxylic acids is 1. The lowest BCUT2D eigenvalue weighted by molar-refractivity contribution is -0.137. The molecule has 36 heavy (non-hydrogen) atoms. The Hall–Kier alpha value is -2.54. The molecule has 6 heteroatoms. The summed E-state index contributed by atoms with van der Waals surface area (Å²) in [6, 6.07) is 11.7. The number of hydrogen-bond acceptors (Lipinski definition) is 5. The van der Waals surface area contributed by atoms with Crippen LogP contribution in [0.4, 0.5) is 4.39 Å². The van der Waals surface area contributed by atoms with Crippen LogP contribution in [0, 0.1) is 19.7 Å². The summed E-state index contributed by atoms with van der Waals surface area (Å²) in [5.41, 5.74) is 4.63. The first-order valence-corrected chi connectivity index (χ1v) is 13.0. The van der Waals surface area contributed by atoms with Crippen molar-refractivity contribution in [2.75, 3.05) is 26.3 Å². The fourth-order valence-corrected chi connectivity index (χ4v) is 4.93. The number of carbonyl (C=O) groups is 1. The zero-order valence-electron chi connectivity index (χ0n) is 22.0. The average Bonchev–Trinajstić information content (AvgIpc) is 3.27. The highest BCUT2D eigenvalue weighted by Gasteiger charge is 2.27. The van der Waals surface area contributed by atoms with E-state index >= 15 is 0 Å². The standard InChI is InChI=1S/C30H40FNO4/c1-5-29(27-11-7-9-21(3)26(27)14-15-30(34)35-6-2)36-20-25(33)19-32-16-8-10-24(32)17-23-13-12-22(4)28(31)18-23/h7,9,11-15,18,24-25,29,33H,5-6,8,10,16-17,19-20H2,1-4H3/t24-,25+,29+/m0/s1. The van der Waals surface area contributed by atoms with E-state index in [4.69, 9.17) is 9.47 Å². The van der Waals surface area contributed by atoms with Crippen LogP contribution in [0.15, 0.2) is 42.5 Å². The highest BCUT2D eigenvalue weighted by Crippen LogP contribution is 2.29. The number of rotatable bonds is 12. The van der Waals surface area contributed by atoms with Gasteiger partial charge in [-0.25, -0.2) is 9.18 Å². The van der Waals surface area contributed by atoms with Crippen molar-refractivity contribution < 1.29 is 23.8 Å². The summed E-state index contributed by atoms with van der Waals surface area (Å²) < 4.78 is 25.2. The number of aliphatic hydroxyl groups is 1. The van der Waals surface area contributed by atoms with Crippen molar-refractivity contribution in [1.29, 1.82) is 0 Å². The van der Waals surface area contributed by atoms with Gasteiger partial charge in [-0.15, -0.1) is 0 Å². The molecule has 1 saturated heterocycles. The van der Waals surface area contributed by atoms with Gasteiger partial charge >= 0.3 is 5.97 Å². The van der Waals surface area contributed by atoms with Gasteiger partial charge in [-0.3, -0.25) is 4.90 Å². The number of hydrogen-bond donors (Lipinski definition) is 1. The lowest BCUT2D eigenvalue weighted by Crippen LogP contribution is -2.39. The van der Waals surface area contributed by atoms with Crippen LogP contribution in [0.25, 0.3) is 6.08 Å². The monoisotopic (exact) mass is 497 g/mol. The molecule has 1 heterocycles. The molecule has 1 aliphatic rings. The van der Waals surface area contributed by atoms with Crippen LogP contribution < -0.4 is 0 Å². The third-order valence-electron chi connectivity index (χ3n) is 6.89. The van der Waals surface area contributed by atoms with Gasteiger partial charge in [0.2, 0.25) is 0 Å². The van der Waals surface area contributed by atoms with Gasteiger partial charge in [0.05, 0.1) is 25.4 Å². The zero-order valence-corrected chi connectivity index (χ0v) is 22.0. The maximum Gasteiger partial charge on any atom is 0.330 e. The molecule has 0 spiro atoms. The Balaban J connectivity index is 1.60. The molecule has 3 atom stereocenters. The van der Waals surface area contributed by atoms with Crippen LogP contribution in [0.1, 0.15) is 67.0 Å². The van der Waals surface area contributed by atoms with E-state index in [0.717, 1.165) is 54.5 Å². The number of likely N-dealkylation sites (tertiary alicyclic amines) is 1. The van der Waals surface area contributed by atoms with Gasteiger partial charge in [-0.1, -0.05) is 37.3 Å². The van der Waals surface area contributed by atoms with E-state index in [2.05, 4.69) is 11.8 Å². The summed E-state index contributed by atoms with van der Waals surface area (Å²) >= 11 is 0. The van der Waals surface area contributed by atoms with E-state index < -0.39 is 6.10 Å². The topological polar surface area (TPSA) is 59.0 Å². The Kier molecular flexibility index (Phi) is 10.7. The Morgan fingerprint density at radius 1 is 1.22 bits per heavy atom. The minimum atomic E-state index is -0.627. The molecule has 1 aliphatic heterocycles. The normalized spacial score (nSPS) is 18.0. The van der Waals surface area contributed by atoms with Crippen molar-refractivity contribution in [3.63, 3.8) is 0 Å². The fraction of sp³-hybridized carbons (Fsp3) is 0.500. The van der Waals surface area contributed by atoms with Crippen molar-refractivity contribution >= 4 is 12.0 Å². The van der Waals surface area contributed by atoms with Crippen molar-refractivity contribution in [3.8, 4) is 0 Å². The molecule has 0 saturated carbocycles. The Morgan fingerprint density at radius 3 is 2.75 bits per heavy atom. The van der Waals surface area contributed by atoms with Gasteiger partial charge < -0.3 is 14.6 Å². The molecule has 1 N–H and O–H groups in total. The van der Waals surface area contributed by atoms with E-state index in [0.29, 0.717) is 24.8 Å². The molecular formula is C30H40FNO4. The van der Waals surface area contributed by atoms with Gasteiger partial charge in [0.1, 0.15) is 5.82 Å². The maximum atomic E-state index is 14.0. The maximum absolute atomic E-state index is 14.0. The molecule has 0 aliphatic carbocycles. The second-order valence-electron chi connectivity index (χ2n) is 9.63. The first-order valence-electron chi connectivity index (χ1n) is 13.0. The molecule has 0 amide bonds. The van der Waals surface area contributed by atoms with Gasteiger partial charge in [-0.05, 0) is 93.0 Å². The van der Waals surface area contributed by atoms with Crippen LogP contribution in [-0.4, -0.2) is 54.4 Å². The first-order chi connectivity index (χ1) is 17.3. The minimum absolute atomic E-state index is 0.163. The summed E-state index contributed by atoms with van der Waals surface area (Å²) in [6.07, 6.45) is 6.04. The summed E-state index contributed by atoms with van der Waals surface area (Å²) in [6.45, 7) is 9.62. The molecule has 2 aromatic carbocycles. The molecule has 0 aromatic heterocycles. The molecule has 0 radical (unpaired) electrons. The smallest absolute Gasteiger partial charge is 0.330 e. The van der Waals surface area contributed by atoms with Gasteiger partial charge in [0.15, 0.2) is 0 Å². The third kappa shape index (κ3) is 7.73. The minimum Gasteiger partial charge on any atom is -0.463 e. The lowest BCUT2D eigenvalue weighted by Gasteiger charge is -2.28. The lowest BCUT2D eigenvalue weighted by atomic mass is 9.96. The largest absolute Gasteiger partial charge is 0.463 e. The van der Waals surface area contributed by atoms with Crippen LogP contribution in [0.3, 0.4) is 0 Å². The molecule has 196 valence electrons. The van der Waals surface area contributed by atoms with Crippen molar-refractivity contribution in [3.05, 3.63) is 76.1 Å². The summed E-state index contributed by atoms with van der Waals surface area (Å²) in [5.74, 6) is -0.534. The van der Waals surface area contributed by atoms with Crippen LogP contribution in [0.2, 0.25) is 0 Å². The van der Waals surface area contributed by atoms with Crippen molar-refractivity contribution in [1.82, 2.24) is 4.90 Å². The molecule has 1 fully saturated rings. The zero-order chi connectivity index (χ0) is 26.1. The number of benzene rings is 2. The number of esters is 1. The molecule has 0 bridgehead atoms. The molecule has 2 aromatic rings. The summed E-state index contributed by atoms with van der Waals surface area (Å²) in [7, 11) is 0. The summed E-state index contributed by atoms with van der Waals surface area (Å²) in [5, 5.41) is 10.8. The Bertz CT molecular complexity index is 1040. The average molecular weight is 498 g/mol. The number of nitrogens with zero attached hydrogens (tertiary/aromatic N) is 1. The predicted octanol–water partition coefficient (Wildman–Crippen LogP) is 5.55. The SMILES string of the molecule is CCOC(=O)C=Cc1c(C)cccc1[C@@H](CC)OC[C@H](O)CN1CCC[C@H]1Cc1ccc(C)c(F)c1. The van der Waals surface area contributed by atoms with E-state index in [1.165, 1.54) is 6.08 Å². The number of aryl methyl sites for hydroxylation is 2. The van der Waals surface area contributed by atoms with E-state index in [1.54, 1.807) is 26.0 Å². The quantitative estimate of drug-likeness (QED) is 0.308. The second-order valence-corrected chi connectivity index (χ2v) is 9.63. The van der Waals surface area contributed by atoms with Gasteiger partial charge in [0.25, 0.3) is 0 Å². The molecule has 5 nitrogen and oxygen atoms in total. The second kappa shape index (κ2) is 13.7. The van der Waals surface area contributed by atoms with E-state index in [-0.39, 0.29) is 24.5 Å². The highest BCUT2D eigenvalue weighted by atomic mass is 19.1. The molecule has 3 rings (SSSR count). The number of β-amino-alcohol motifs (C(OH)–C–C–N with tert-alkyl or cyclic N) is 1. The van der Waals surface area contributed by atoms with Crippen LogP contribution >= 0.6 is 0 Å². The first kappa shape index (κ1) is 28.0. The third-order valence-corrected chi connectivity index (χ3v) is 6.89.